The van der Waals surface area contributed by atoms with Crippen molar-refractivity contribution < 1.29 is 13.2 Å². The van der Waals surface area contributed by atoms with E-state index < -0.39 is 15.7 Å². The minimum atomic E-state index is -3.21. The number of rotatable bonds is 3. The molecule has 14 heavy (non-hydrogen) atoms. The van der Waals surface area contributed by atoms with Crippen LogP contribution in [-0.2, 0) is 9.84 Å². The van der Waals surface area contributed by atoms with Crippen molar-refractivity contribution in [3.05, 3.63) is 29.8 Å². The Labute approximate surface area is 82.7 Å². The van der Waals surface area contributed by atoms with Crippen LogP contribution in [0.5, 0.6) is 0 Å². The van der Waals surface area contributed by atoms with Crippen LogP contribution in [0, 0.1) is 0 Å². The lowest BCUT2D eigenvalue weighted by molar-refractivity contribution is 0.0992. The van der Waals surface area contributed by atoms with E-state index in [-0.39, 0.29) is 16.2 Å². The highest BCUT2D eigenvalue weighted by Gasteiger charge is 2.11. The van der Waals surface area contributed by atoms with Crippen LogP contribution < -0.4 is 5.73 Å². The first-order valence-corrected chi connectivity index (χ1v) is 5.71. The van der Waals surface area contributed by atoms with Crippen LogP contribution in [0.2, 0.25) is 0 Å². The second kappa shape index (κ2) is 3.79. The molecular weight excluding hydrogens is 202 g/mol. The van der Waals surface area contributed by atoms with Gasteiger partial charge in [0.1, 0.15) is 0 Å². The van der Waals surface area contributed by atoms with Crippen LogP contribution in [-0.4, -0.2) is 20.1 Å². The van der Waals surface area contributed by atoms with Crippen LogP contribution in [0.25, 0.3) is 0 Å². The van der Waals surface area contributed by atoms with E-state index in [9.17, 15) is 13.2 Å². The largest absolute Gasteiger partial charge is 0.269 e. The normalized spacial score (nSPS) is 11.2. The van der Waals surface area contributed by atoms with Gasteiger partial charge in [-0.1, -0.05) is 6.92 Å². The number of carbonyl (C=O) groups is 1. The molecule has 0 heterocycles. The van der Waals surface area contributed by atoms with Crippen molar-refractivity contribution in [3.8, 4) is 0 Å². The fourth-order valence-electron chi connectivity index (χ4n) is 0.980. The number of benzene rings is 1. The Balaban J connectivity index is 3.12. The lowest BCUT2D eigenvalue weighted by atomic mass is 10.2. The first-order valence-electron chi connectivity index (χ1n) is 4.06. The molecule has 0 atom stereocenters. The average molecular weight is 212 g/mol. The summed E-state index contributed by atoms with van der Waals surface area (Å²) in [6.45, 7) is 1.55. The molecule has 0 fully saturated rings. The van der Waals surface area contributed by atoms with Crippen molar-refractivity contribution in [3.63, 3.8) is 0 Å². The van der Waals surface area contributed by atoms with E-state index >= 15 is 0 Å². The standard InChI is InChI=1S/C9H10NO3S/c1-2-14(12,13)8-5-3-7(4-6-8)9(10)11/h3-6,10H,2H2,1H3. The molecule has 0 saturated heterocycles. The van der Waals surface area contributed by atoms with Crippen LogP contribution in [0.3, 0.4) is 0 Å². The Bertz CT molecular complexity index is 434. The zero-order valence-electron chi connectivity index (χ0n) is 7.65. The Kier molecular flexibility index (Phi) is 2.90. The summed E-state index contributed by atoms with van der Waals surface area (Å²) < 4.78 is 22.7. The summed E-state index contributed by atoms with van der Waals surface area (Å²) in [5.41, 5.74) is 7.00. The van der Waals surface area contributed by atoms with Gasteiger partial charge in [0.2, 0.25) is 0 Å². The predicted octanol–water partition coefficient (Wildman–Crippen LogP) is 0.903. The van der Waals surface area contributed by atoms with Crippen molar-refractivity contribution in [2.75, 3.05) is 5.75 Å². The van der Waals surface area contributed by atoms with Gasteiger partial charge in [0.25, 0.3) is 5.91 Å². The maximum atomic E-state index is 11.4. The maximum absolute atomic E-state index is 11.4. The molecule has 1 aromatic rings. The third-order valence-corrected chi connectivity index (χ3v) is 3.61. The second-order valence-corrected chi connectivity index (χ2v) is 5.04. The van der Waals surface area contributed by atoms with E-state index in [2.05, 4.69) is 0 Å². The highest BCUT2D eigenvalue weighted by Crippen LogP contribution is 2.11. The number of sulfone groups is 1. The number of carbonyl (C=O) groups excluding carboxylic acids is 1. The number of hydrogen-bond donors (Lipinski definition) is 0. The van der Waals surface area contributed by atoms with Crippen molar-refractivity contribution in [1.29, 1.82) is 0 Å². The molecule has 4 nitrogen and oxygen atoms in total. The van der Waals surface area contributed by atoms with Gasteiger partial charge in [-0.05, 0) is 24.3 Å². The Morgan fingerprint density at radius 3 is 2.14 bits per heavy atom. The van der Waals surface area contributed by atoms with E-state index in [1.807, 2.05) is 0 Å². The molecule has 1 amide bonds. The molecule has 75 valence electrons. The van der Waals surface area contributed by atoms with Crippen molar-refractivity contribution in [2.45, 2.75) is 11.8 Å². The van der Waals surface area contributed by atoms with Crippen molar-refractivity contribution >= 4 is 15.7 Å². The smallest absolute Gasteiger partial charge is 0.267 e. The lowest BCUT2D eigenvalue weighted by Gasteiger charge is -2.00. The van der Waals surface area contributed by atoms with Gasteiger partial charge in [0.15, 0.2) is 9.84 Å². The molecule has 1 radical (unpaired) electrons. The molecule has 5 heteroatoms. The van der Waals surface area contributed by atoms with Crippen molar-refractivity contribution in [2.24, 2.45) is 0 Å². The summed E-state index contributed by atoms with van der Waals surface area (Å²) in [7, 11) is -3.21. The predicted molar refractivity (Wildman–Crippen MR) is 51.6 cm³/mol. The maximum Gasteiger partial charge on any atom is 0.269 e. The Hall–Kier alpha value is -1.36. The van der Waals surface area contributed by atoms with Gasteiger partial charge in [0.05, 0.1) is 10.6 Å². The molecule has 0 bridgehead atoms. The monoisotopic (exact) mass is 212 g/mol. The van der Waals surface area contributed by atoms with Crippen LogP contribution >= 0.6 is 0 Å². The van der Waals surface area contributed by atoms with Crippen LogP contribution in [0.1, 0.15) is 17.3 Å². The van der Waals surface area contributed by atoms with Crippen molar-refractivity contribution in [1.82, 2.24) is 5.73 Å². The molecule has 0 aromatic heterocycles. The first kappa shape index (κ1) is 10.7. The second-order valence-electron chi connectivity index (χ2n) is 2.76. The van der Waals surface area contributed by atoms with Gasteiger partial charge in [-0.3, -0.25) is 10.5 Å². The summed E-state index contributed by atoms with van der Waals surface area (Å²) in [5, 5.41) is 0. The topological polar surface area (TPSA) is 75.0 Å². The van der Waals surface area contributed by atoms with Gasteiger partial charge >= 0.3 is 0 Å². The van der Waals surface area contributed by atoms with E-state index in [0.717, 1.165) is 0 Å². The number of nitrogens with one attached hydrogen (secondary N) is 1. The highest BCUT2D eigenvalue weighted by molar-refractivity contribution is 7.91. The summed E-state index contributed by atoms with van der Waals surface area (Å²) in [5.74, 6) is -0.785. The van der Waals surface area contributed by atoms with E-state index in [0.29, 0.717) is 0 Å². The molecule has 1 aromatic carbocycles. The third-order valence-electron chi connectivity index (χ3n) is 1.86. The zero-order valence-corrected chi connectivity index (χ0v) is 8.47. The minimum absolute atomic E-state index is 0.0289. The fraction of sp³-hybridized carbons (Fsp3) is 0.222. The quantitative estimate of drug-likeness (QED) is 0.747. The van der Waals surface area contributed by atoms with Gasteiger partial charge in [-0.15, -0.1) is 0 Å². The van der Waals surface area contributed by atoms with Gasteiger partial charge in [-0.25, -0.2) is 8.42 Å². The number of amides is 1. The Morgan fingerprint density at radius 2 is 1.79 bits per heavy atom. The fourth-order valence-corrected chi connectivity index (χ4v) is 1.86. The molecule has 0 aliphatic rings. The van der Waals surface area contributed by atoms with Crippen LogP contribution in [0.4, 0.5) is 0 Å². The SMILES string of the molecule is CCS(=O)(=O)c1ccc(C([NH])=O)cc1. The van der Waals surface area contributed by atoms with E-state index in [1.54, 1.807) is 6.92 Å². The molecule has 0 saturated carbocycles. The van der Waals surface area contributed by atoms with Gasteiger partial charge < -0.3 is 0 Å². The molecule has 0 spiro atoms. The lowest BCUT2D eigenvalue weighted by Crippen LogP contribution is -2.05. The van der Waals surface area contributed by atoms with Crippen LogP contribution in [0.15, 0.2) is 29.2 Å². The molecule has 1 N–H and O–H groups in total. The Morgan fingerprint density at radius 1 is 1.29 bits per heavy atom. The molecule has 0 aliphatic carbocycles. The summed E-state index contributed by atoms with van der Waals surface area (Å²) in [6.07, 6.45) is 0. The van der Waals surface area contributed by atoms with Gasteiger partial charge in [-0.2, -0.15) is 0 Å². The van der Waals surface area contributed by atoms with E-state index in [4.69, 9.17) is 5.73 Å². The zero-order chi connectivity index (χ0) is 10.8. The highest BCUT2D eigenvalue weighted by atomic mass is 32.2. The molecule has 1 rings (SSSR count). The third kappa shape index (κ3) is 2.11. The summed E-state index contributed by atoms with van der Waals surface area (Å²) in [6, 6.07) is 5.39. The first-order chi connectivity index (χ1) is 6.47. The van der Waals surface area contributed by atoms with E-state index in [1.165, 1.54) is 24.3 Å². The number of hydrogen-bond acceptors (Lipinski definition) is 3. The summed E-state index contributed by atoms with van der Waals surface area (Å²) in [4.78, 5) is 10.8. The molecular formula is C9H10NO3S. The average Bonchev–Trinajstić information content (AvgIpc) is 2.18. The summed E-state index contributed by atoms with van der Waals surface area (Å²) >= 11 is 0. The minimum Gasteiger partial charge on any atom is -0.267 e. The molecule has 0 unspecified atom stereocenters. The van der Waals surface area contributed by atoms with Gasteiger partial charge in [0, 0.05) is 5.56 Å². The molecule has 0 aliphatic heterocycles.